The lowest BCUT2D eigenvalue weighted by atomic mass is 10.0. The predicted octanol–water partition coefficient (Wildman–Crippen LogP) is 5.43. The Balaban J connectivity index is 3.28. The van der Waals surface area contributed by atoms with Gasteiger partial charge in [0.1, 0.15) is 6.04 Å². The molecule has 0 saturated heterocycles. The van der Waals surface area contributed by atoms with Crippen molar-refractivity contribution in [1.82, 2.24) is 10.6 Å². The third-order valence-electron chi connectivity index (χ3n) is 5.40. The van der Waals surface area contributed by atoms with Crippen molar-refractivity contribution >= 4 is 11.9 Å². The zero-order chi connectivity index (χ0) is 20.9. The molecule has 1 atom stereocenters. The van der Waals surface area contributed by atoms with Crippen molar-refractivity contribution in [3.05, 3.63) is 0 Å². The summed E-state index contributed by atoms with van der Waals surface area (Å²) in [4.78, 5) is 22.7. The van der Waals surface area contributed by atoms with E-state index in [1.165, 1.54) is 70.6 Å². The molecule has 0 aliphatic rings. The highest BCUT2D eigenvalue weighted by Crippen LogP contribution is 2.12. The minimum atomic E-state index is -0.811. The zero-order valence-electron chi connectivity index (χ0n) is 18.6. The summed E-state index contributed by atoms with van der Waals surface area (Å²) in [6, 6.07) is -0.485. The van der Waals surface area contributed by atoms with Crippen molar-refractivity contribution in [1.29, 1.82) is 0 Å². The first-order valence-corrected chi connectivity index (χ1v) is 11.8. The summed E-state index contributed by atoms with van der Waals surface area (Å²) in [5.41, 5.74) is 0. The van der Waals surface area contributed by atoms with Crippen LogP contribution in [0.5, 0.6) is 0 Å². The minimum absolute atomic E-state index is 0.131. The largest absolute Gasteiger partial charge is 0.480 e. The molecule has 0 aromatic rings. The van der Waals surface area contributed by atoms with Gasteiger partial charge in [0.2, 0.25) is 5.91 Å². The smallest absolute Gasteiger partial charge is 0.320 e. The van der Waals surface area contributed by atoms with Gasteiger partial charge in [0, 0.05) is 13.0 Å². The fourth-order valence-electron chi connectivity index (χ4n) is 3.48. The Morgan fingerprint density at radius 2 is 1.25 bits per heavy atom. The number of hydrogen-bond donors (Lipinski definition) is 3. The summed E-state index contributed by atoms with van der Waals surface area (Å²) < 4.78 is 0. The lowest BCUT2D eigenvalue weighted by Gasteiger charge is -2.10. The second kappa shape index (κ2) is 20.6. The highest BCUT2D eigenvalue weighted by atomic mass is 16.4. The van der Waals surface area contributed by atoms with Gasteiger partial charge in [-0.25, -0.2) is 0 Å². The molecule has 5 heteroatoms. The maximum Gasteiger partial charge on any atom is 0.320 e. The second-order valence-electron chi connectivity index (χ2n) is 8.02. The van der Waals surface area contributed by atoms with Gasteiger partial charge in [-0.1, -0.05) is 84.0 Å². The monoisotopic (exact) mass is 398 g/mol. The molecule has 0 unspecified atom stereocenters. The average Bonchev–Trinajstić information content (AvgIpc) is 2.68. The summed E-state index contributed by atoms with van der Waals surface area (Å²) in [5.74, 6) is -0.680. The van der Waals surface area contributed by atoms with Crippen LogP contribution in [0.15, 0.2) is 0 Å². The third-order valence-corrected chi connectivity index (χ3v) is 5.40. The lowest BCUT2D eigenvalue weighted by molar-refractivity contribution is -0.139. The van der Waals surface area contributed by atoms with Gasteiger partial charge < -0.3 is 15.7 Å². The van der Waals surface area contributed by atoms with Crippen LogP contribution < -0.4 is 10.6 Å². The summed E-state index contributed by atoms with van der Waals surface area (Å²) in [5, 5.41) is 14.7. The van der Waals surface area contributed by atoms with Crippen molar-refractivity contribution in [2.75, 3.05) is 13.6 Å². The number of unbranched alkanes of at least 4 members (excludes halogenated alkanes) is 13. The molecule has 0 saturated carbocycles. The lowest BCUT2D eigenvalue weighted by Crippen LogP contribution is -2.33. The standard InChI is InChI=1S/C23H46N2O3/c1-3-4-5-6-7-8-9-10-11-12-13-14-15-19-22(26)25-20-17-16-18-21(24-2)23(27)28/h21,24H,3-20H2,1-2H3,(H,25,26)(H,27,28)/t21-/m0/s1. The highest BCUT2D eigenvalue weighted by molar-refractivity contribution is 5.75. The molecule has 0 aliphatic carbocycles. The molecule has 5 nitrogen and oxygen atoms in total. The Bertz CT molecular complexity index is 375. The van der Waals surface area contributed by atoms with Crippen LogP contribution in [0.25, 0.3) is 0 Å². The van der Waals surface area contributed by atoms with Crippen molar-refractivity contribution in [3.8, 4) is 0 Å². The average molecular weight is 399 g/mol. The van der Waals surface area contributed by atoms with Crippen LogP contribution in [0, 0.1) is 0 Å². The quantitative estimate of drug-likeness (QED) is 0.225. The van der Waals surface area contributed by atoms with E-state index in [-0.39, 0.29) is 5.91 Å². The van der Waals surface area contributed by atoms with Crippen LogP contribution in [0.2, 0.25) is 0 Å². The van der Waals surface area contributed by atoms with Gasteiger partial charge in [0.05, 0.1) is 0 Å². The molecular weight excluding hydrogens is 352 g/mol. The molecule has 0 aromatic heterocycles. The van der Waals surface area contributed by atoms with Crippen LogP contribution in [-0.2, 0) is 9.59 Å². The zero-order valence-corrected chi connectivity index (χ0v) is 18.6. The number of likely N-dealkylation sites (N-methyl/N-ethyl adjacent to an activating group) is 1. The van der Waals surface area contributed by atoms with E-state index < -0.39 is 12.0 Å². The fraction of sp³-hybridized carbons (Fsp3) is 0.913. The molecule has 0 spiro atoms. The van der Waals surface area contributed by atoms with E-state index in [0.717, 1.165) is 25.7 Å². The molecule has 0 rings (SSSR count). The SMILES string of the molecule is CCCCCCCCCCCCCCCC(=O)NCCCC[C@H](NC)C(=O)O. The highest BCUT2D eigenvalue weighted by Gasteiger charge is 2.13. The maximum absolute atomic E-state index is 11.8. The van der Waals surface area contributed by atoms with E-state index in [4.69, 9.17) is 5.11 Å². The molecule has 0 bridgehead atoms. The number of rotatable bonds is 21. The second-order valence-corrected chi connectivity index (χ2v) is 8.02. The summed E-state index contributed by atoms with van der Waals surface area (Å²) in [6.07, 6.45) is 19.9. The third kappa shape index (κ3) is 18.3. The van der Waals surface area contributed by atoms with Crippen LogP contribution in [0.1, 0.15) is 116 Å². The number of carboxylic acid groups (broad SMARTS) is 1. The van der Waals surface area contributed by atoms with E-state index in [9.17, 15) is 9.59 Å². The normalized spacial score (nSPS) is 12.1. The molecular formula is C23H46N2O3. The van der Waals surface area contributed by atoms with Crippen molar-refractivity contribution < 1.29 is 14.7 Å². The minimum Gasteiger partial charge on any atom is -0.480 e. The van der Waals surface area contributed by atoms with E-state index in [0.29, 0.717) is 19.4 Å². The Morgan fingerprint density at radius 1 is 0.750 bits per heavy atom. The van der Waals surface area contributed by atoms with Gasteiger partial charge in [0.15, 0.2) is 0 Å². The van der Waals surface area contributed by atoms with E-state index in [1.807, 2.05) is 0 Å². The number of carboxylic acids is 1. The van der Waals surface area contributed by atoms with Crippen molar-refractivity contribution in [3.63, 3.8) is 0 Å². The first kappa shape index (κ1) is 26.9. The van der Waals surface area contributed by atoms with Crippen molar-refractivity contribution in [2.24, 2.45) is 0 Å². The van der Waals surface area contributed by atoms with E-state index in [1.54, 1.807) is 7.05 Å². The van der Waals surface area contributed by atoms with Crippen LogP contribution in [-0.4, -0.2) is 36.6 Å². The number of nitrogens with one attached hydrogen (secondary N) is 2. The van der Waals surface area contributed by atoms with Gasteiger partial charge in [-0.15, -0.1) is 0 Å². The van der Waals surface area contributed by atoms with Gasteiger partial charge in [-0.2, -0.15) is 0 Å². The molecule has 28 heavy (non-hydrogen) atoms. The molecule has 0 heterocycles. The van der Waals surface area contributed by atoms with Crippen LogP contribution in [0.3, 0.4) is 0 Å². The van der Waals surface area contributed by atoms with Crippen LogP contribution in [0.4, 0.5) is 0 Å². The van der Waals surface area contributed by atoms with E-state index >= 15 is 0 Å². The Morgan fingerprint density at radius 3 is 1.71 bits per heavy atom. The predicted molar refractivity (Wildman–Crippen MR) is 118 cm³/mol. The fourth-order valence-corrected chi connectivity index (χ4v) is 3.48. The number of carbonyl (C=O) groups is 2. The summed E-state index contributed by atoms with van der Waals surface area (Å²) >= 11 is 0. The number of carbonyl (C=O) groups excluding carboxylic acids is 1. The first-order valence-electron chi connectivity index (χ1n) is 11.8. The molecule has 0 radical (unpaired) electrons. The van der Waals surface area contributed by atoms with Gasteiger partial charge in [0.25, 0.3) is 0 Å². The number of aliphatic carboxylic acids is 1. The van der Waals surface area contributed by atoms with Gasteiger partial charge in [-0.3, -0.25) is 9.59 Å². The molecule has 166 valence electrons. The first-order chi connectivity index (χ1) is 13.6. The topological polar surface area (TPSA) is 78.4 Å². The van der Waals surface area contributed by atoms with Crippen molar-refractivity contribution in [2.45, 2.75) is 122 Å². The number of hydrogen-bond acceptors (Lipinski definition) is 3. The maximum atomic E-state index is 11.8. The Labute approximate surface area is 173 Å². The summed E-state index contributed by atoms with van der Waals surface area (Å²) in [7, 11) is 1.66. The number of amides is 1. The summed E-state index contributed by atoms with van der Waals surface area (Å²) in [6.45, 7) is 2.91. The molecule has 1 amide bonds. The molecule has 0 fully saturated rings. The van der Waals surface area contributed by atoms with Gasteiger partial charge in [-0.05, 0) is 32.7 Å². The van der Waals surface area contributed by atoms with Crippen LogP contribution >= 0.6 is 0 Å². The van der Waals surface area contributed by atoms with E-state index in [2.05, 4.69) is 17.6 Å². The van der Waals surface area contributed by atoms with Gasteiger partial charge >= 0.3 is 5.97 Å². The Hall–Kier alpha value is -1.10. The molecule has 3 N–H and O–H groups in total. The molecule has 0 aromatic carbocycles. The molecule has 0 aliphatic heterocycles. The Kier molecular flexibility index (Phi) is 19.8.